The first-order valence-corrected chi connectivity index (χ1v) is 7.47. The lowest BCUT2D eigenvalue weighted by atomic mass is 9.85. The van der Waals surface area contributed by atoms with E-state index in [1.54, 1.807) is 0 Å². The van der Waals surface area contributed by atoms with Gasteiger partial charge in [-0.15, -0.1) is 0 Å². The Labute approximate surface area is 120 Å². The van der Waals surface area contributed by atoms with Gasteiger partial charge in [-0.2, -0.15) is 0 Å². The van der Waals surface area contributed by atoms with Gasteiger partial charge in [0.05, 0.1) is 12.0 Å². The lowest BCUT2D eigenvalue weighted by molar-refractivity contribution is -0.156. The van der Waals surface area contributed by atoms with Crippen LogP contribution in [0, 0.1) is 11.3 Å². The zero-order valence-electron chi connectivity index (χ0n) is 12.5. The standard InChI is InChI=1S/C15H24O5/c1-4-7-15(2,3)13(16)18-9-10-5-6-11-12(8-10)20-14(17)19-11/h10-12H,4-9H2,1-3H3. The molecule has 1 saturated carbocycles. The van der Waals surface area contributed by atoms with Crippen molar-refractivity contribution >= 4 is 12.1 Å². The van der Waals surface area contributed by atoms with E-state index in [9.17, 15) is 9.59 Å². The summed E-state index contributed by atoms with van der Waals surface area (Å²) in [5.74, 6) is 0.119. The highest BCUT2D eigenvalue weighted by molar-refractivity contribution is 5.75. The number of esters is 1. The summed E-state index contributed by atoms with van der Waals surface area (Å²) in [4.78, 5) is 23.1. The summed E-state index contributed by atoms with van der Waals surface area (Å²) < 4.78 is 15.6. The number of carbonyl (C=O) groups is 2. The average Bonchev–Trinajstić information content (AvgIpc) is 2.75. The molecule has 1 saturated heterocycles. The molecule has 114 valence electrons. The van der Waals surface area contributed by atoms with Crippen LogP contribution in [-0.4, -0.2) is 30.9 Å². The van der Waals surface area contributed by atoms with Crippen molar-refractivity contribution in [1.29, 1.82) is 0 Å². The Morgan fingerprint density at radius 1 is 1.30 bits per heavy atom. The van der Waals surface area contributed by atoms with Crippen LogP contribution in [0.5, 0.6) is 0 Å². The molecule has 0 N–H and O–H groups in total. The summed E-state index contributed by atoms with van der Waals surface area (Å²) in [6.07, 6.45) is 3.36. The van der Waals surface area contributed by atoms with Crippen molar-refractivity contribution in [3.05, 3.63) is 0 Å². The lowest BCUT2D eigenvalue weighted by Gasteiger charge is -2.29. The van der Waals surface area contributed by atoms with Gasteiger partial charge < -0.3 is 14.2 Å². The van der Waals surface area contributed by atoms with Gasteiger partial charge in [0.15, 0.2) is 0 Å². The molecule has 1 heterocycles. The Kier molecular flexibility index (Phi) is 4.55. The van der Waals surface area contributed by atoms with Crippen LogP contribution in [0.3, 0.4) is 0 Å². The molecule has 0 spiro atoms. The highest BCUT2D eigenvalue weighted by Gasteiger charge is 2.42. The molecule has 20 heavy (non-hydrogen) atoms. The van der Waals surface area contributed by atoms with E-state index in [0.717, 1.165) is 32.1 Å². The zero-order valence-corrected chi connectivity index (χ0v) is 12.5. The van der Waals surface area contributed by atoms with Crippen LogP contribution in [0.1, 0.15) is 52.9 Å². The van der Waals surface area contributed by atoms with Gasteiger partial charge >= 0.3 is 12.1 Å². The number of ether oxygens (including phenoxy) is 3. The van der Waals surface area contributed by atoms with E-state index in [1.807, 2.05) is 13.8 Å². The molecule has 0 aromatic heterocycles. The second kappa shape index (κ2) is 6.02. The fraction of sp³-hybridized carbons (Fsp3) is 0.867. The largest absolute Gasteiger partial charge is 0.509 e. The van der Waals surface area contributed by atoms with Gasteiger partial charge in [-0.3, -0.25) is 4.79 Å². The first-order chi connectivity index (χ1) is 9.42. The van der Waals surface area contributed by atoms with Crippen LogP contribution >= 0.6 is 0 Å². The minimum absolute atomic E-state index is 0.106. The summed E-state index contributed by atoms with van der Waals surface area (Å²) in [7, 11) is 0. The second-order valence-corrected chi connectivity index (χ2v) is 6.47. The summed E-state index contributed by atoms with van der Waals surface area (Å²) in [5.41, 5.74) is -0.422. The highest BCUT2D eigenvalue weighted by atomic mass is 16.8. The Bertz CT molecular complexity index is 376. The fourth-order valence-corrected chi connectivity index (χ4v) is 2.99. The average molecular weight is 284 g/mol. The molecule has 2 fully saturated rings. The van der Waals surface area contributed by atoms with Crippen LogP contribution in [0.15, 0.2) is 0 Å². The fourth-order valence-electron chi connectivity index (χ4n) is 2.99. The summed E-state index contributed by atoms with van der Waals surface area (Å²) in [6, 6.07) is 0. The molecular formula is C15H24O5. The van der Waals surface area contributed by atoms with Gasteiger partial charge in [-0.25, -0.2) is 4.79 Å². The van der Waals surface area contributed by atoms with Gasteiger partial charge in [0.25, 0.3) is 0 Å². The number of hydrogen-bond acceptors (Lipinski definition) is 5. The normalized spacial score (nSPS) is 29.4. The van der Waals surface area contributed by atoms with Crippen molar-refractivity contribution in [3.63, 3.8) is 0 Å². The van der Waals surface area contributed by atoms with Crippen molar-refractivity contribution in [1.82, 2.24) is 0 Å². The Hall–Kier alpha value is -1.26. The molecule has 0 bridgehead atoms. The van der Waals surface area contributed by atoms with E-state index in [4.69, 9.17) is 14.2 Å². The zero-order chi connectivity index (χ0) is 14.8. The maximum absolute atomic E-state index is 12.0. The van der Waals surface area contributed by atoms with E-state index in [0.29, 0.717) is 6.61 Å². The van der Waals surface area contributed by atoms with Crippen LogP contribution in [0.4, 0.5) is 4.79 Å². The number of fused-ring (bicyclic) bond motifs is 1. The van der Waals surface area contributed by atoms with E-state index in [1.165, 1.54) is 0 Å². The van der Waals surface area contributed by atoms with Gasteiger partial charge in [0.1, 0.15) is 12.2 Å². The van der Waals surface area contributed by atoms with Crippen LogP contribution in [-0.2, 0) is 19.0 Å². The van der Waals surface area contributed by atoms with E-state index in [-0.39, 0.29) is 24.1 Å². The first-order valence-electron chi connectivity index (χ1n) is 7.47. The van der Waals surface area contributed by atoms with Crippen molar-refractivity contribution in [3.8, 4) is 0 Å². The lowest BCUT2D eigenvalue weighted by Crippen LogP contribution is -2.34. The molecule has 0 aromatic rings. The molecule has 0 radical (unpaired) electrons. The van der Waals surface area contributed by atoms with Crippen LogP contribution in [0.25, 0.3) is 0 Å². The molecule has 2 rings (SSSR count). The quantitative estimate of drug-likeness (QED) is 0.726. The predicted octanol–water partition coefficient (Wildman–Crippen LogP) is 3.06. The third-order valence-corrected chi connectivity index (χ3v) is 4.21. The maximum Gasteiger partial charge on any atom is 0.509 e. The molecule has 0 amide bonds. The van der Waals surface area contributed by atoms with E-state index < -0.39 is 11.6 Å². The smallest absolute Gasteiger partial charge is 0.465 e. The summed E-state index contributed by atoms with van der Waals surface area (Å²) in [6.45, 7) is 6.31. The SMILES string of the molecule is CCCC(C)(C)C(=O)OCC1CCC2OC(=O)OC2C1. The maximum atomic E-state index is 12.0. The number of rotatable bonds is 5. The molecule has 3 atom stereocenters. The Morgan fingerprint density at radius 2 is 2.00 bits per heavy atom. The molecule has 5 heteroatoms. The van der Waals surface area contributed by atoms with Crippen LogP contribution in [0.2, 0.25) is 0 Å². The topological polar surface area (TPSA) is 61.8 Å². The molecular weight excluding hydrogens is 260 g/mol. The monoisotopic (exact) mass is 284 g/mol. The minimum atomic E-state index is -0.568. The van der Waals surface area contributed by atoms with Gasteiger partial charge in [-0.05, 0) is 45.4 Å². The van der Waals surface area contributed by atoms with Crippen molar-refractivity contribution in [2.24, 2.45) is 11.3 Å². The number of hydrogen-bond donors (Lipinski definition) is 0. The van der Waals surface area contributed by atoms with Crippen molar-refractivity contribution in [2.75, 3.05) is 6.61 Å². The van der Waals surface area contributed by atoms with Crippen molar-refractivity contribution < 1.29 is 23.8 Å². The predicted molar refractivity (Wildman–Crippen MR) is 72.1 cm³/mol. The molecule has 3 unspecified atom stereocenters. The molecule has 0 aromatic carbocycles. The molecule has 1 aliphatic heterocycles. The van der Waals surface area contributed by atoms with E-state index >= 15 is 0 Å². The third kappa shape index (κ3) is 3.44. The Morgan fingerprint density at radius 3 is 2.70 bits per heavy atom. The van der Waals surface area contributed by atoms with Gasteiger partial charge in [0, 0.05) is 0 Å². The molecule has 2 aliphatic rings. The van der Waals surface area contributed by atoms with Crippen molar-refractivity contribution in [2.45, 2.75) is 65.1 Å². The summed E-state index contributed by atoms with van der Waals surface area (Å²) >= 11 is 0. The van der Waals surface area contributed by atoms with Gasteiger partial charge in [-0.1, -0.05) is 13.3 Å². The Balaban J connectivity index is 1.78. The number of carbonyl (C=O) groups excluding carboxylic acids is 2. The summed E-state index contributed by atoms with van der Waals surface area (Å²) in [5, 5.41) is 0. The molecule has 5 nitrogen and oxygen atoms in total. The van der Waals surface area contributed by atoms with Gasteiger partial charge in [0.2, 0.25) is 0 Å². The third-order valence-electron chi connectivity index (χ3n) is 4.21. The highest BCUT2D eigenvalue weighted by Crippen LogP contribution is 2.33. The van der Waals surface area contributed by atoms with E-state index in [2.05, 4.69) is 6.92 Å². The molecule has 1 aliphatic carbocycles. The second-order valence-electron chi connectivity index (χ2n) is 6.47. The van der Waals surface area contributed by atoms with Crippen LogP contribution < -0.4 is 0 Å². The minimum Gasteiger partial charge on any atom is -0.465 e. The first kappa shape index (κ1) is 15.1.